The molecule has 0 spiro atoms. The van der Waals surface area contributed by atoms with Gasteiger partial charge in [-0.3, -0.25) is 9.59 Å². The fraction of sp³-hybridized carbons (Fsp3) is 0.467. The van der Waals surface area contributed by atoms with Crippen molar-refractivity contribution < 1.29 is 19.4 Å². The van der Waals surface area contributed by atoms with Crippen molar-refractivity contribution in [3.8, 4) is 5.75 Å². The van der Waals surface area contributed by atoms with Crippen molar-refractivity contribution in [1.82, 2.24) is 5.32 Å². The number of amides is 1. The maximum atomic E-state index is 11.9. The van der Waals surface area contributed by atoms with Crippen molar-refractivity contribution in [2.45, 2.75) is 20.8 Å². The molecule has 5 heteroatoms. The van der Waals surface area contributed by atoms with E-state index in [1.54, 1.807) is 31.2 Å². The van der Waals surface area contributed by atoms with E-state index in [1.807, 2.05) is 13.8 Å². The summed E-state index contributed by atoms with van der Waals surface area (Å²) in [6, 6.07) is 6.86. The van der Waals surface area contributed by atoms with Crippen molar-refractivity contribution in [1.29, 1.82) is 0 Å². The molecule has 1 rings (SSSR count). The number of hydrogen-bond donors (Lipinski definition) is 2. The van der Waals surface area contributed by atoms with Gasteiger partial charge in [0.15, 0.2) is 0 Å². The summed E-state index contributed by atoms with van der Waals surface area (Å²) in [5.41, 5.74) is 0.462. The van der Waals surface area contributed by atoms with Crippen molar-refractivity contribution in [3.63, 3.8) is 0 Å². The van der Waals surface area contributed by atoms with Gasteiger partial charge in [-0.2, -0.15) is 0 Å². The van der Waals surface area contributed by atoms with E-state index in [0.717, 1.165) is 0 Å². The number of aliphatic carboxylic acids is 1. The Balaban J connectivity index is 2.59. The molecule has 0 radical (unpaired) electrons. The third-order valence-corrected chi connectivity index (χ3v) is 2.67. The summed E-state index contributed by atoms with van der Waals surface area (Å²) in [5, 5.41) is 11.4. The molecular formula is C15H21NO4. The predicted molar refractivity (Wildman–Crippen MR) is 75.9 cm³/mol. The number of hydrogen-bond acceptors (Lipinski definition) is 3. The van der Waals surface area contributed by atoms with E-state index < -0.39 is 11.9 Å². The largest absolute Gasteiger partial charge is 0.493 e. The highest BCUT2D eigenvalue weighted by molar-refractivity contribution is 5.94. The van der Waals surface area contributed by atoms with E-state index in [4.69, 9.17) is 9.84 Å². The zero-order valence-electron chi connectivity index (χ0n) is 12.1. The summed E-state index contributed by atoms with van der Waals surface area (Å²) >= 11 is 0. The molecule has 1 atom stereocenters. The number of carbonyl (C=O) groups is 2. The molecule has 1 aromatic rings. The first-order valence-corrected chi connectivity index (χ1v) is 6.64. The minimum Gasteiger partial charge on any atom is -0.493 e. The first-order valence-electron chi connectivity index (χ1n) is 6.64. The lowest BCUT2D eigenvalue weighted by atomic mass is 10.1. The van der Waals surface area contributed by atoms with E-state index in [9.17, 15) is 9.59 Å². The lowest BCUT2D eigenvalue weighted by Gasteiger charge is -2.11. The third-order valence-electron chi connectivity index (χ3n) is 2.67. The predicted octanol–water partition coefficient (Wildman–Crippen LogP) is 2.17. The number of benzene rings is 1. The summed E-state index contributed by atoms with van der Waals surface area (Å²) in [6.07, 6.45) is 0. The van der Waals surface area contributed by atoms with Crippen LogP contribution in [0.1, 0.15) is 31.1 Å². The average Bonchev–Trinajstić information content (AvgIpc) is 2.42. The van der Waals surface area contributed by atoms with Crippen LogP contribution in [0.15, 0.2) is 24.3 Å². The molecule has 0 aliphatic heterocycles. The molecule has 0 saturated heterocycles. The van der Waals surface area contributed by atoms with Crippen LogP contribution in [-0.2, 0) is 4.79 Å². The van der Waals surface area contributed by atoms with Crippen LogP contribution in [0.4, 0.5) is 0 Å². The van der Waals surface area contributed by atoms with Crippen LogP contribution in [0.25, 0.3) is 0 Å². The summed E-state index contributed by atoms with van der Waals surface area (Å²) < 4.78 is 5.55. The second kappa shape index (κ2) is 7.53. The van der Waals surface area contributed by atoms with Gasteiger partial charge in [-0.05, 0) is 24.1 Å². The number of carbonyl (C=O) groups excluding carboxylic acids is 1. The molecule has 0 bridgehead atoms. The van der Waals surface area contributed by atoms with Gasteiger partial charge in [0, 0.05) is 12.1 Å². The number of carboxylic acids is 1. The van der Waals surface area contributed by atoms with Gasteiger partial charge in [0.05, 0.1) is 12.5 Å². The Morgan fingerprint density at radius 1 is 1.30 bits per heavy atom. The maximum Gasteiger partial charge on any atom is 0.308 e. The molecule has 0 fully saturated rings. The van der Waals surface area contributed by atoms with Gasteiger partial charge in [-0.1, -0.05) is 26.8 Å². The quantitative estimate of drug-likeness (QED) is 0.802. The van der Waals surface area contributed by atoms with Gasteiger partial charge in [-0.15, -0.1) is 0 Å². The Morgan fingerprint density at radius 2 is 2.00 bits per heavy atom. The Kier molecular flexibility index (Phi) is 6.03. The molecule has 1 amide bonds. The fourth-order valence-corrected chi connectivity index (χ4v) is 1.43. The van der Waals surface area contributed by atoms with E-state index >= 15 is 0 Å². The lowest BCUT2D eigenvalue weighted by molar-refractivity contribution is -0.140. The summed E-state index contributed by atoms with van der Waals surface area (Å²) in [6.45, 7) is 6.32. The minimum absolute atomic E-state index is 0.102. The lowest BCUT2D eigenvalue weighted by Crippen LogP contribution is -2.31. The van der Waals surface area contributed by atoms with Gasteiger partial charge in [0.2, 0.25) is 0 Å². The van der Waals surface area contributed by atoms with E-state index in [1.165, 1.54) is 0 Å². The molecule has 5 nitrogen and oxygen atoms in total. The van der Waals surface area contributed by atoms with Gasteiger partial charge in [0.1, 0.15) is 5.75 Å². The monoisotopic (exact) mass is 279 g/mol. The van der Waals surface area contributed by atoms with Crippen molar-refractivity contribution in [3.05, 3.63) is 29.8 Å². The number of nitrogens with one attached hydrogen (secondary N) is 1. The highest BCUT2D eigenvalue weighted by atomic mass is 16.5. The fourth-order valence-electron chi connectivity index (χ4n) is 1.43. The first-order chi connectivity index (χ1) is 9.40. The molecule has 2 N–H and O–H groups in total. The molecule has 20 heavy (non-hydrogen) atoms. The highest BCUT2D eigenvalue weighted by Gasteiger charge is 2.13. The third kappa shape index (κ3) is 5.30. The van der Waals surface area contributed by atoms with Crippen molar-refractivity contribution >= 4 is 11.9 Å². The van der Waals surface area contributed by atoms with E-state index in [-0.39, 0.29) is 12.5 Å². The molecule has 110 valence electrons. The molecule has 0 aromatic heterocycles. The van der Waals surface area contributed by atoms with E-state index in [2.05, 4.69) is 5.32 Å². The zero-order chi connectivity index (χ0) is 15.1. The highest BCUT2D eigenvalue weighted by Crippen LogP contribution is 2.14. The van der Waals surface area contributed by atoms with Crippen LogP contribution in [0.3, 0.4) is 0 Å². The second-order valence-corrected chi connectivity index (χ2v) is 5.18. The Labute approximate surface area is 118 Å². The first kappa shape index (κ1) is 16.0. The van der Waals surface area contributed by atoms with Gasteiger partial charge in [-0.25, -0.2) is 0 Å². The molecular weight excluding hydrogens is 258 g/mol. The van der Waals surface area contributed by atoms with Crippen LogP contribution in [-0.4, -0.2) is 30.1 Å². The normalized spacial score (nSPS) is 12.0. The van der Waals surface area contributed by atoms with E-state index in [0.29, 0.717) is 23.8 Å². The molecule has 0 saturated carbocycles. The molecule has 1 unspecified atom stereocenters. The Bertz CT molecular complexity index is 471. The maximum absolute atomic E-state index is 11.9. The van der Waals surface area contributed by atoms with Crippen LogP contribution in [0, 0.1) is 11.8 Å². The smallest absolute Gasteiger partial charge is 0.308 e. The molecule has 0 aliphatic carbocycles. The summed E-state index contributed by atoms with van der Waals surface area (Å²) in [5.74, 6) is -0.798. The SMILES string of the molecule is CC(C)COc1cccc(C(=O)NCC(C)C(=O)O)c1. The second-order valence-electron chi connectivity index (χ2n) is 5.18. The van der Waals surface area contributed by atoms with Crippen molar-refractivity contribution in [2.75, 3.05) is 13.2 Å². The molecule has 0 heterocycles. The Hall–Kier alpha value is -2.04. The Morgan fingerprint density at radius 3 is 2.60 bits per heavy atom. The topological polar surface area (TPSA) is 75.6 Å². The molecule has 1 aromatic carbocycles. The van der Waals surface area contributed by atoms with Gasteiger partial charge >= 0.3 is 5.97 Å². The van der Waals surface area contributed by atoms with Crippen LogP contribution < -0.4 is 10.1 Å². The standard InChI is InChI=1S/C15H21NO4/c1-10(2)9-20-13-6-4-5-12(7-13)14(17)16-8-11(3)15(18)19/h4-7,10-11H,8-9H2,1-3H3,(H,16,17)(H,18,19). The van der Waals surface area contributed by atoms with Crippen LogP contribution in [0.5, 0.6) is 5.75 Å². The van der Waals surface area contributed by atoms with Crippen LogP contribution in [0.2, 0.25) is 0 Å². The summed E-state index contributed by atoms with van der Waals surface area (Å²) in [7, 11) is 0. The minimum atomic E-state index is -0.931. The summed E-state index contributed by atoms with van der Waals surface area (Å²) in [4.78, 5) is 22.6. The molecule has 0 aliphatic rings. The number of rotatable bonds is 7. The zero-order valence-corrected chi connectivity index (χ0v) is 12.1. The van der Waals surface area contributed by atoms with Crippen LogP contribution >= 0.6 is 0 Å². The average molecular weight is 279 g/mol. The van der Waals surface area contributed by atoms with Gasteiger partial charge < -0.3 is 15.2 Å². The van der Waals surface area contributed by atoms with Crippen molar-refractivity contribution in [2.24, 2.45) is 11.8 Å². The number of carboxylic acid groups (broad SMARTS) is 1. The van der Waals surface area contributed by atoms with Gasteiger partial charge in [0.25, 0.3) is 5.91 Å². The number of ether oxygens (including phenoxy) is 1.